The van der Waals surface area contributed by atoms with Gasteiger partial charge in [-0.3, -0.25) is 9.59 Å². The zero-order valence-electron chi connectivity index (χ0n) is 18.3. The first-order valence-electron chi connectivity index (χ1n) is 11.0. The summed E-state index contributed by atoms with van der Waals surface area (Å²) in [5, 5.41) is 3.70. The Bertz CT molecular complexity index is 896. The minimum Gasteiger partial charge on any atom is -0.484 e. The monoisotopic (exact) mass is 442 g/mol. The average Bonchev–Trinajstić information content (AvgIpc) is 2.78. The van der Waals surface area contributed by atoms with Crippen LogP contribution in [0.3, 0.4) is 0 Å². The Morgan fingerprint density at radius 2 is 1.77 bits per heavy atom. The van der Waals surface area contributed by atoms with Gasteiger partial charge in [0.1, 0.15) is 11.8 Å². The summed E-state index contributed by atoms with van der Waals surface area (Å²) >= 11 is 6.34. The molecule has 2 aromatic carbocycles. The van der Waals surface area contributed by atoms with Gasteiger partial charge in [-0.05, 0) is 49.9 Å². The van der Waals surface area contributed by atoms with Crippen LogP contribution in [-0.4, -0.2) is 35.4 Å². The van der Waals surface area contributed by atoms with Gasteiger partial charge in [0.25, 0.3) is 5.91 Å². The van der Waals surface area contributed by atoms with E-state index in [1.54, 1.807) is 17.9 Å². The Kier molecular flexibility index (Phi) is 8.35. The first-order valence-corrected chi connectivity index (χ1v) is 11.3. The second-order valence-corrected chi connectivity index (χ2v) is 8.59. The van der Waals surface area contributed by atoms with Crippen LogP contribution in [0.4, 0.5) is 0 Å². The summed E-state index contributed by atoms with van der Waals surface area (Å²) in [5.41, 5.74) is 1.75. The first-order chi connectivity index (χ1) is 15.0. The number of benzene rings is 2. The zero-order valence-corrected chi connectivity index (χ0v) is 19.0. The van der Waals surface area contributed by atoms with E-state index < -0.39 is 6.04 Å². The number of rotatable bonds is 8. The Morgan fingerprint density at radius 1 is 1.10 bits per heavy atom. The molecule has 1 aliphatic carbocycles. The topological polar surface area (TPSA) is 58.6 Å². The number of ether oxygens (including phenoxy) is 1. The average molecular weight is 443 g/mol. The number of halogens is 1. The van der Waals surface area contributed by atoms with E-state index in [-0.39, 0.29) is 31.0 Å². The molecule has 3 rings (SSSR count). The van der Waals surface area contributed by atoms with Crippen molar-refractivity contribution in [3.05, 3.63) is 64.7 Å². The van der Waals surface area contributed by atoms with Crippen LogP contribution in [-0.2, 0) is 16.1 Å². The predicted octanol–water partition coefficient (Wildman–Crippen LogP) is 4.89. The van der Waals surface area contributed by atoms with Gasteiger partial charge in [0.15, 0.2) is 6.61 Å². The molecule has 1 fully saturated rings. The second-order valence-electron chi connectivity index (χ2n) is 8.19. The SMILES string of the molecule is Cc1ccccc1OCC(=O)N(Cc1ccccc1Cl)C(C)C(=O)NC1CCCCC1. The van der Waals surface area contributed by atoms with Gasteiger partial charge in [-0.1, -0.05) is 67.3 Å². The molecule has 1 saturated carbocycles. The van der Waals surface area contributed by atoms with Gasteiger partial charge in [0.05, 0.1) is 0 Å². The van der Waals surface area contributed by atoms with Crippen molar-refractivity contribution >= 4 is 23.4 Å². The minimum atomic E-state index is -0.633. The number of carbonyl (C=O) groups excluding carboxylic acids is 2. The number of hydrogen-bond acceptors (Lipinski definition) is 3. The lowest BCUT2D eigenvalue weighted by atomic mass is 9.95. The standard InChI is InChI=1S/C25H31ClN2O3/c1-18-10-6-9-15-23(18)31-17-24(29)28(16-20-11-7-8-14-22(20)26)19(2)25(30)27-21-12-4-3-5-13-21/h6-11,14-15,19,21H,3-5,12-13,16-17H2,1-2H3,(H,27,30). The summed E-state index contributed by atoms with van der Waals surface area (Å²) < 4.78 is 5.77. The van der Waals surface area contributed by atoms with E-state index in [1.165, 1.54) is 6.42 Å². The van der Waals surface area contributed by atoms with E-state index in [9.17, 15) is 9.59 Å². The molecule has 166 valence electrons. The third-order valence-corrected chi connectivity index (χ3v) is 6.23. The molecule has 2 amide bonds. The second kappa shape index (κ2) is 11.2. The van der Waals surface area contributed by atoms with Crippen molar-refractivity contribution in [2.75, 3.05) is 6.61 Å². The van der Waals surface area contributed by atoms with Gasteiger partial charge in [-0.2, -0.15) is 0 Å². The number of para-hydroxylation sites is 1. The van der Waals surface area contributed by atoms with Gasteiger partial charge in [-0.25, -0.2) is 0 Å². The molecule has 0 spiro atoms. The number of carbonyl (C=O) groups is 2. The third-order valence-electron chi connectivity index (χ3n) is 5.86. The molecule has 6 heteroatoms. The summed E-state index contributed by atoms with van der Waals surface area (Å²) in [4.78, 5) is 27.7. The molecule has 1 aliphatic rings. The van der Waals surface area contributed by atoms with Crippen molar-refractivity contribution in [2.45, 2.75) is 64.6 Å². The van der Waals surface area contributed by atoms with Gasteiger partial charge >= 0.3 is 0 Å². The van der Waals surface area contributed by atoms with Gasteiger partial charge in [-0.15, -0.1) is 0 Å². The van der Waals surface area contributed by atoms with Crippen LogP contribution in [0.2, 0.25) is 5.02 Å². The number of nitrogens with zero attached hydrogens (tertiary/aromatic N) is 1. The Labute approximate surface area is 189 Å². The maximum absolute atomic E-state index is 13.2. The fraction of sp³-hybridized carbons (Fsp3) is 0.440. The van der Waals surface area contributed by atoms with Gasteiger partial charge in [0, 0.05) is 17.6 Å². The maximum atomic E-state index is 13.2. The van der Waals surface area contributed by atoms with E-state index in [1.807, 2.05) is 49.4 Å². The van der Waals surface area contributed by atoms with Crippen LogP contribution in [0.1, 0.15) is 50.2 Å². The van der Waals surface area contributed by atoms with E-state index in [4.69, 9.17) is 16.3 Å². The molecule has 0 heterocycles. The highest BCUT2D eigenvalue weighted by Crippen LogP contribution is 2.21. The summed E-state index contributed by atoms with van der Waals surface area (Å²) in [7, 11) is 0. The summed E-state index contributed by atoms with van der Waals surface area (Å²) in [6, 6.07) is 14.5. The lowest BCUT2D eigenvalue weighted by Crippen LogP contribution is -2.51. The highest BCUT2D eigenvalue weighted by Gasteiger charge is 2.28. The molecule has 5 nitrogen and oxygen atoms in total. The number of amides is 2. The van der Waals surface area contributed by atoms with Crippen LogP contribution in [0, 0.1) is 6.92 Å². The van der Waals surface area contributed by atoms with Crippen molar-refractivity contribution in [2.24, 2.45) is 0 Å². The van der Waals surface area contributed by atoms with Gasteiger partial charge in [0.2, 0.25) is 5.91 Å². The number of aryl methyl sites for hydroxylation is 1. The molecule has 0 aliphatic heterocycles. The molecule has 31 heavy (non-hydrogen) atoms. The summed E-state index contributed by atoms with van der Waals surface area (Å²) in [5.74, 6) is 0.269. The molecule has 0 bridgehead atoms. The molecular weight excluding hydrogens is 412 g/mol. The number of nitrogens with one attached hydrogen (secondary N) is 1. The fourth-order valence-corrected chi connectivity index (χ4v) is 4.10. The zero-order chi connectivity index (χ0) is 22.2. The van der Waals surface area contributed by atoms with E-state index in [2.05, 4.69) is 5.32 Å². The molecule has 0 saturated heterocycles. The van der Waals surface area contributed by atoms with Crippen LogP contribution in [0.5, 0.6) is 5.75 Å². The lowest BCUT2D eigenvalue weighted by Gasteiger charge is -2.31. The normalized spacial score (nSPS) is 15.2. The quantitative estimate of drug-likeness (QED) is 0.633. The van der Waals surface area contributed by atoms with E-state index in [0.29, 0.717) is 10.8 Å². The lowest BCUT2D eigenvalue weighted by molar-refractivity contribution is -0.142. The largest absolute Gasteiger partial charge is 0.484 e. The highest BCUT2D eigenvalue weighted by atomic mass is 35.5. The first kappa shape index (κ1) is 23.1. The van der Waals surface area contributed by atoms with Crippen LogP contribution in [0.25, 0.3) is 0 Å². The summed E-state index contributed by atoms with van der Waals surface area (Å²) in [6.45, 7) is 3.80. The van der Waals surface area contributed by atoms with Crippen molar-refractivity contribution < 1.29 is 14.3 Å². The van der Waals surface area contributed by atoms with Crippen LogP contribution in [0.15, 0.2) is 48.5 Å². The Morgan fingerprint density at radius 3 is 2.48 bits per heavy atom. The minimum absolute atomic E-state index is 0.136. The van der Waals surface area contributed by atoms with E-state index >= 15 is 0 Å². The Balaban J connectivity index is 1.72. The van der Waals surface area contributed by atoms with Gasteiger partial charge < -0.3 is 15.0 Å². The molecule has 1 unspecified atom stereocenters. The predicted molar refractivity (Wildman–Crippen MR) is 123 cm³/mol. The Hall–Kier alpha value is -2.53. The van der Waals surface area contributed by atoms with Crippen molar-refractivity contribution in [1.82, 2.24) is 10.2 Å². The molecule has 1 atom stereocenters. The molecular formula is C25H31ClN2O3. The van der Waals surface area contributed by atoms with Crippen molar-refractivity contribution in [1.29, 1.82) is 0 Å². The molecule has 0 radical (unpaired) electrons. The van der Waals surface area contributed by atoms with Crippen LogP contribution >= 0.6 is 11.6 Å². The fourth-order valence-electron chi connectivity index (χ4n) is 3.90. The molecule has 0 aromatic heterocycles. The third kappa shape index (κ3) is 6.47. The van der Waals surface area contributed by atoms with E-state index in [0.717, 1.165) is 36.8 Å². The maximum Gasteiger partial charge on any atom is 0.261 e. The summed E-state index contributed by atoms with van der Waals surface area (Å²) in [6.07, 6.45) is 5.47. The van der Waals surface area contributed by atoms with Crippen LogP contribution < -0.4 is 10.1 Å². The van der Waals surface area contributed by atoms with Crippen molar-refractivity contribution in [3.8, 4) is 5.75 Å². The molecule has 1 N–H and O–H groups in total. The van der Waals surface area contributed by atoms with Crippen molar-refractivity contribution in [3.63, 3.8) is 0 Å². The highest BCUT2D eigenvalue weighted by molar-refractivity contribution is 6.31. The number of hydrogen-bond donors (Lipinski definition) is 1. The molecule has 2 aromatic rings. The smallest absolute Gasteiger partial charge is 0.261 e.